The highest BCUT2D eigenvalue weighted by Crippen LogP contribution is 2.42. The van der Waals surface area contributed by atoms with Crippen LogP contribution in [0.4, 0.5) is 5.13 Å². The molecule has 1 aromatic heterocycles. The number of hydrogen-bond acceptors (Lipinski definition) is 6. The number of anilines is 1. The first-order valence-electron chi connectivity index (χ1n) is 8.63. The topological polar surface area (TPSA) is 73.3 Å². The van der Waals surface area contributed by atoms with Gasteiger partial charge in [-0.1, -0.05) is 36.8 Å². The highest BCUT2D eigenvalue weighted by molar-refractivity contribution is 7.15. The van der Waals surface area contributed by atoms with Crippen molar-refractivity contribution in [2.75, 3.05) is 19.0 Å². The molecule has 1 aliphatic rings. The summed E-state index contributed by atoms with van der Waals surface area (Å²) in [5.41, 5.74) is 0.381. The molecule has 3 rings (SSSR count). The second kappa shape index (κ2) is 8.22. The molecule has 0 spiro atoms. The highest BCUT2D eigenvalue weighted by atomic mass is 35.5. The number of hydrogen-bond donors (Lipinski definition) is 1. The zero-order valence-electron chi connectivity index (χ0n) is 15.0. The van der Waals surface area contributed by atoms with Crippen molar-refractivity contribution in [2.24, 2.45) is 5.92 Å². The third kappa shape index (κ3) is 4.65. The van der Waals surface area contributed by atoms with Crippen molar-refractivity contribution in [1.29, 1.82) is 0 Å². The third-order valence-corrected chi connectivity index (χ3v) is 5.30. The van der Waals surface area contributed by atoms with E-state index in [9.17, 15) is 4.79 Å². The smallest absolute Gasteiger partial charge is 0.257 e. The van der Waals surface area contributed by atoms with Gasteiger partial charge in [-0.05, 0) is 37.3 Å². The Morgan fingerprint density at radius 3 is 2.81 bits per heavy atom. The van der Waals surface area contributed by atoms with Gasteiger partial charge in [-0.25, -0.2) is 0 Å². The molecule has 0 bridgehead atoms. The molecule has 1 aromatic carbocycles. The van der Waals surface area contributed by atoms with Crippen LogP contribution >= 0.6 is 22.9 Å². The molecule has 0 radical (unpaired) electrons. The van der Waals surface area contributed by atoms with Crippen molar-refractivity contribution in [2.45, 2.75) is 39.0 Å². The Labute approximate surface area is 161 Å². The molecule has 8 heteroatoms. The van der Waals surface area contributed by atoms with E-state index >= 15 is 0 Å². The van der Waals surface area contributed by atoms with Gasteiger partial charge in [0.1, 0.15) is 5.01 Å². The fourth-order valence-corrected chi connectivity index (χ4v) is 3.51. The van der Waals surface area contributed by atoms with E-state index < -0.39 is 0 Å². The van der Waals surface area contributed by atoms with E-state index in [0.29, 0.717) is 45.7 Å². The van der Waals surface area contributed by atoms with Crippen LogP contribution in [0.5, 0.6) is 11.5 Å². The Morgan fingerprint density at radius 1 is 1.38 bits per heavy atom. The van der Waals surface area contributed by atoms with Gasteiger partial charge in [0.25, 0.3) is 5.91 Å². The molecule has 1 saturated carbocycles. The normalized spacial score (nSPS) is 13.7. The van der Waals surface area contributed by atoms with E-state index in [-0.39, 0.29) is 5.91 Å². The van der Waals surface area contributed by atoms with E-state index in [1.807, 2.05) is 0 Å². The number of benzene rings is 1. The number of carbonyl (C=O) groups excluding carboxylic acids is 1. The number of halogens is 1. The maximum atomic E-state index is 12.5. The molecule has 1 fully saturated rings. The Hall–Kier alpha value is -1.86. The van der Waals surface area contributed by atoms with E-state index in [1.165, 1.54) is 18.4 Å². The van der Waals surface area contributed by atoms with Gasteiger partial charge in [-0.3, -0.25) is 10.1 Å². The van der Waals surface area contributed by atoms with Crippen molar-refractivity contribution in [3.63, 3.8) is 0 Å². The van der Waals surface area contributed by atoms with Crippen molar-refractivity contribution < 1.29 is 14.3 Å². The minimum absolute atomic E-state index is 0.308. The number of ether oxygens (including phenoxy) is 2. The quantitative estimate of drug-likeness (QED) is 0.697. The monoisotopic (exact) mass is 395 g/mol. The fraction of sp³-hybridized carbons (Fsp3) is 0.500. The van der Waals surface area contributed by atoms with Gasteiger partial charge >= 0.3 is 0 Å². The maximum Gasteiger partial charge on any atom is 0.257 e. The van der Waals surface area contributed by atoms with Crippen LogP contribution in [-0.2, 0) is 0 Å². The number of nitrogens with one attached hydrogen (secondary N) is 1. The molecule has 0 atom stereocenters. The predicted octanol–water partition coefficient (Wildman–Crippen LogP) is 4.75. The second-order valence-electron chi connectivity index (χ2n) is 6.69. The lowest BCUT2D eigenvalue weighted by Crippen LogP contribution is -2.12. The van der Waals surface area contributed by atoms with Gasteiger partial charge < -0.3 is 9.47 Å². The summed E-state index contributed by atoms with van der Waals surface area (Å²) < 4.78 is 11.1. The lowest BCUT2D eigenvalue weighted by Gasteiger charge is -2.14. The number of aromatic nitrogens is 2. The lowest BCUT2D eigenvalue weighted by molar-refractivity contribution is 0.102. The predicted molar refractivity (Wildman–Crippen MR) is 103 cm³/mol. The van der Waals surface area contributed by atoms with Gasteiger partial charge in [-0.15, -0.1) is 10.2 Å². The first-order chi connectivity index (χ1) is 12.5. The fourth-order valence-electron chi connectivity index (χ4n) is 2.34. The molecule has 6 nitrogen and oxygen atoms in total. The highest BCUT2D eigenvalue weighted by Gasteiger charge is 2.28. The average Bonchev–Trinajstić information content (AvgIpc) is 3.35. The standard InChI is InChI=1S/C18H22ClN3O3S/c1-10(2)6-7-25-15-13(19)8-12(9-14(15)24-3)16(23)20-18-22-21-17(26-18)11-4-5-11/h8-11H,4-7H2,1-3H3,(H,20,22,23). The minimum atomic E-state index is -0.308. The second-order valence-corrected chi connectivity index (χ2v) is 8.11. The zero-order valence-corrected chi connectivity index (χ0v) is 16.6. The maximum absolute atomic E-state index is 12.5. The van der Waals surface area contributed by atoms with Gasteiger partial charge in [0.2, 0.25) is 5.13 Å². The third-order valence-electron chi connectivity index (χ3n) is 4.02. The Balaban J connectivity index is 1.71. The molecule has 1 heterocycles. The van der Waals surface area contributed by atoms with Crippen LogP contribution in [0.3, 0.4) is 0 Å². The summed E-state index contributed by atoms with van der Waals surface area (Å²) in [5.74, 6) is 1.62. The molecule has 1 N–H and O–H groups in total. The van der Waals surface area contributed by atoms with Crippen molar-refractivity contribution in [1.82, 2.24) is 10.2 Å². The van der Waals surface area contributed by atoms with Crippen LogP contribution in [0, 0.1) is 5.92 Å². The van der Waals surface area contributed by atoms with Crippen molar-refractivity contribution >= 4 is 34.0 Å². The summed E-state index contributed by atoms with van der Waals surface area (Å²) >= 11 is 7.73. The molecule has 2 aromatic rings. The Morgan fingerprint density at radius 2 is 2.15 bits per heavy atom. The van der Waals surface area contributed by atoms with Crippen molar-refractivity contribution in [3.8, 4) is 11.5 Å². The summed E-state index contributed by atoms with van der Waals surface area (Å²) in [7, 11) is 1.52. The molecular weight excluding hydrogens is 374 g/mol. The molecule has 1 aliphatic carbocycles. The molecule has 140 valence electrons. The van der Waals surface area contributed by atoms with Crippen LogP contribution in [0.1, 0.15) is 54.4 Å². The van der Waals surface area contributed by atoms with E-state index in [2.05, 4.69) is 29.4 Å². The summed E-state index contributed by atoms with van der Waals surface area (Å²) in [5, 5.41) is 12.7. The Bertz CT molecular complexity index is 790. The first kappa shape index (κ1) is 18.9. The molecular formula is C18H22ClN3O3S. The summed E-state index contributed by atoms with van der Waals surface area (Å²) in [6.07, 6.45) is 3.20. The number of rotatable bonds is 8. The lowest BCUT2D eigenvalue weighted by atomic mass is 10.1. The number of methoxy groups -OCH3 is 1. The van der Waals surface area contributed by atoms with Crippen LogP contribution in [-0.4, -0.2) is 29.8 Å². The number of nitrogens with zero attached hydrogens (tertiary/aromatic N) is 2. The minimum Gasteiger partial charge on any atom is -0.493 e. The average molecular weight is 396 g/mol. The van der Waals surface area contributed by atoms with Crippen LogP contribution in [0.15, 0.2) is 12.1 Å². The van der Waals surface area contributed by atoms with Crippen LogP contribution < -0.4 is 14.8 Å². The molecule has 0 aliphatic heterocycles. The summed E-state index contributed by atoms with van der Waals surface area (Å²) in [6.45, 7) is 4.78. The van der Waals surface area contributed by atoms with E-state index in [4.69, 9.17) is 21.1 Å². The summed E-state index contributed by atoms with van der Waals surface area (Å²) in [4.78, 5) is 12.5. The van der Waals surface area contributed by atoms with E-state index in [0.717, 1.165) is 24.3 Å². The molecule has 1 amide bonds. The van der Waals surface area contributed by atoms with Gasteiger partial charge in [0.15, 0.2) is 11.5 Å². The Kier molecular flexibility index (Phi) is 5.98. The summed E-state index contributed by atoms with van der Waals surface area (Å²) in [6, 6.07) is 3.20. The number of carbonyl (C=O) groups is 1. The van der Waals surface area contributed by atoms with Gasteiger partial charge in [0, 0.05) is 11.5 Å². The van der Waals surface area contributed by atoms with Gasteiger partial charge in [0.05, 0.1) is 18.7 Å². The van der Waals surface area contributed by atoms with Gasteiger partial charge in [-0.2, -0.15) is 0 Å². The SMILES string of the molecule is COc1cc(C(=O)Nc2nnc(C3CC3)s2)cc(Cl)c1OCCC(C)C. The van der Waals surface area contributed by atoms with Crippen LogP contribution in [0.2, 0.25) is 5.02 Å². The molecule has 26 heavy (non-hydrogen) atoms. The van der Waals surface area contributed by atoms with Crippen LogP contribution in [0.25, 0.3) is 0 Å². The van der Waals surface area contributed by atoms with E-state index in [1.54, 1.807) is 12.1 Å². The molecule has 0 unspecified atom stereocenters. The number of amides is 1. The first-order valence-corrected chi connectivity index (χ1v) is 9.82. The zero-order chi connectivity index (χ0) is 18.7. The largest absolute Gasteiger partial charge is 0.493 e. The molecule has 0 saturated heterocycles. The van der Waals surface area contributed by atoms with Crippen molar-refractivity contribution in [3.05, 3.63) is 27.7 Å².